The number of anilines is 1. The molecule has 1 aliphatic heterocycles. The number of aromatic nitrogens is 1. The molecule has 0 bridgehead atoms. The van der Waals surface area contributed by atoms with Gasteiger partial charge in [0.15, 0.2) is 0 Å². The van der Waals surface area contributed by atoms with E-state index in [0.29, 0.717) is 11.1 Å². The Hall–Kier alpha value is -3.87. The molecule has 0 radical (unpaired) electrons. The monoisotopic (exact) mass is 505 g/mol. The molecule has 1 N–H and O–H groups in total. The van der Waals surface area contributed by atoms with Crippen molar-refractivity contribution in [3.05, 3.63) is 106 Å². The van der Waals surface area contributed by atoms with Crippen LogP contribution in [0.25, 0.3) is 37.8 Å². The van der Waals surface area contributed by atoms with Gasteiger partial charge < -0.3 is 10.0 Å². The number of Topliss-reactive ketones (excluding diaryl/α,β-unsaturated/α-hetero) is 1. The quantitative estimate of drug-likeness (QED) is 0.210. The summed E-state index contributed by atoms with van der Waals surface area (Å²) >= 11 is 3.24. The van der Waals surface area contributed by atoms with Crippen molar-refractivity contribution in [2.75, 3.05) is 11.9 Å². The molecule has 1 aliphatic carbocycles. The average Bonchev–Trinajstić information content (AvgIpc) is 3.41. The van der Waals surface area contributed by atoms with Gasteiger partial charge in [-0.25, -0.2) is 0 Å². The summed E-state index contributed by atoms with van der Waals surface area (Å²) in [5.41, 5.74) is 3.00. The Balaban J connectivity index is 1.27. The van der Waals surface area contributed by atoms with Crippen molar-refractivity contribution < 1.29 is 14.5 Å². The lowest BCUT2D eigenvalue weighted by molar-refractivity contribution is -0.641. The van der Waals surface area contributed by atoms with E-state index in [1.807, 2.05) is 50.5 Å². The molecule has 6 heteroatoms. The molecule has 7 rings (SSSR count). The number of carbonyl (C=O) groups excluding carboxylic acids is 1. The normalized spacial score (nSPS) is 17.7. The van der Waals surface area contributed by atoms with Crippen LogP contribution < -0.4 is 9.47 Å². The Morgan fingerprint density at radius 2 is 1.58 bits per heavy atom. The highest BCUT2D eigenvalue weighted by Crippen LogP contribution is 2.49. The van der Waals surface area contributed by atoms with Gasteiger partial charge in [-0.05, 0) is 35.0 Å². The molecule has 0 amide bonds. The van der Waals surface area contributed by atoms with Crippen LogP contribution in [-0.2, 0) is 11.8 Å². The summed E-state index contributed by atoms with van der Waals surface area (Å²) in [5, 5.41) is 17.5. The van der Waals surface area contributed by atoms with E-state index in [1.165, 1.54) is 21.5 Å². The lowest BCUT2D eigenvalue weighted by Crippen LogP contribution is -2.30. The number of thiazole rings is 1. The first-order chi connectivity index (χ1) is 17.5. The topological polar surface area (TPSA) is 44.4 Å². The number of nitrogens with zero attached hydrogens (tertiary/aromatic N) is 2. The van der Waals surface area contributed by atoms with Gasteiger partial charge in [0.25, 0.3) is 5.01 Å². The largest absolute Gasteiger partial charge is 0.506 e. The molecule has 0 fully saturated rings. The number of aliphatic hydroxyl groups excluding tert-OH is 1. The number of aliphatic hydroxyl groups is 1. The minimum Gasteiger partial charge on any atom is -0.506 e. The van der Waals surface area contributed by atoms with Gasteiger partial charge in [0.2, 0.25) is 11.3 Å². The minimum atomic E-state index is -0.128. The number of aryl methyl sites for hydroxylation is 1. The second-order valence-corrected chi connectivity index (χ2v) is 11.2. The Morgan fingerprint density at radius 1 is 0.889 bits per heavy atom. The van der Waals surface area contributed by atoms with E-state index >= 15 is 0 Å². The van der Waals surface area contributed by atoms with Crippen molar-refractivity contribution in [3.63, 3.8) is 0 Å². The molecule has 0 unspecified atom stereocenters. The summed E-state index contributed by atoms with van der Waals surface area (Å²) in [6.07, 6.45) is 3.62. The molecular weight excluding hydrogens is 484 g/mol. The van der Waals surface area contributed by atoms with E-state index in [0.717, 1.165) is 30.8 Å². The molecule has 5 aromatic rings. The summed E-state index contributed by atoms with van der Waals surface area (Å²) in [5.74, 6) is -0.0678. The summed E-state index contributed by atoms with van der Waals surface area (Å²) in [7, 11) is 4.02. The highest BCUT2D eigenvalue weighted by atomic mass is 32.2. The van der Waals surface area contributed by atoms with Gasteiger partial charge in [-0.1, -0.05) is 77.7 Å². The van der Waals surface area contributed by atoms with E-state index in [-0.39, 0.29) is 11.5 Å². The van der Waals surface area contributed by atoms with Crippen LogP contribution in [-0.4, -0.2) is 17.9 Å². The predicted molar refractivity (Wildman–Crippen MR) is 149 cm³/mol. The zero-order valence-corrected chi connectivity index (χ0v) is 21.3. The van der Waals surface area contributed by atoms with Gasteiger partial charge >= 0.3 is 0 Å². The molecule has 1 aromatic heterocycles. The highest BCUT2D eigenvalue weighted by molar-refractivity contribution is 8.03. The second kappa shape index (κ2) is 7.82. The van der Waals surface area contributed by atoms with Crippen molar-refractivity contribution in [1.82, 2.24) is 0 Å². The fourth-order valence-electron chi connectivity index (χ4n) is 5.12. The zero-order chi connectivity index (χ0) is 24.6. The first-order valence-electron chi connectivity index (χ1n) is 11.7. The number of hydrogen-bond donors (Lipinski definition) is 1. The predicted octanol–water partition coefficient (Wildman–Crippen LogP) is 6.89. The smallest absolute Gasteiger partial charge is 0.263 e. The first-order valence-corrected chi connectivity index (χ1v) is 13.3. The molecule has 174 valence electrons. The third-order valence-corrected chi connectivity index (χ3v) is 9.32. The number of ketones is 1. The van der Waals surface area contributed by atoms with Gasteiger partial charge in [0.05, 0.1) is 27.2 Å². The number of rotatable bonds is 2. The summed E-state index contributed by atoms with van der Waals surface area (Å²) in [6.45, 7) is 0. The van der Waals surface area contributed by atoms with Gasteiger partial charge in [-0.15, -0.1) is 0 Å². The summed E-state index contributed by atoms with van der Waals surface area (Å²) in [6, 6.07) is 25.1. The lowest BCUT2D eigenvalue weighted by atomic mass is 9.88. The van der Waals surface area contributed by atoms with Crippen LogP contribution in [0.2, 0.25) is 0 Å². The van der Waals surface area contributed by atoms with E-state index in [1.54, 1.807) is 23.1 Å². The molecule has 4 nitrogen and oxygen atoms in total. The fraction of sp³-hybridized carbons (Fsp3) is 0.0667. The van der Waals surface area contributed by atoms with Crippen molar-refractivity contribution in [2.45, 2.75) is 4.90 Å². The molecule has 0 saturated heterocycles. The minimum absolute atomic E-state index is 0.0598. The molecule has 2 heterocycles. The van der Waals surface area contributed by atoms with Gasteiger partial charge in [-0.2, -0.15) is 4.57 Å². The van der Waals surface area contributed by atoms with Crippen molar-refractivity contribution >= 4 is 72.4 Å². The van der Waals surface area contributed by atoms with E-state index < -0.39 is 0 Å². The van der Waals surface area contributed by atoms with Gasteiger partial charge in [0.1, 0.15) is 17.5 Å². The van der Waals surface area contributed by atoms with Crippen LogP contribution in [0.3, 0.4) is 0 Å². The third kappa shape index (κ3) is 3.01. The molecule has 0 atom stereocenters. The summed E-state index contributed by atoms with van der Waals surface area (Å²) in [4.78, 5) is 16.4. The van der Waals surface area contributed by atoms with Crippen LogP contribution in [0.15, 0.2) is 106 Å². The van der Waals surface area contributed by atoms with Crippen LogP contribution >= 0.6 is 23.1 Å². The Kier molecular flexibility index (Phi) is 4.65. The molecule has 36 heavy (non-hydrogen) atoms. The maximum atomic E-state index is 13.1. The maximum absolute atomic E-state index is 13.1. The van der Waals surface area contributed by atoms with E-state index in [4.69, 9.17) is 0 Å². The standard InChI is InChI=1S/C30H20N2O2S2/c1-31-25(35-23-13-11-17-7-3-5-9-19(17)27(23)31)15-21-29(33)22(30(21)34)16-26-32(2)28-20-10-6-4-8-18(20)12-14-24(28)36-26/h3-16H,1-2H3/p+1. The van der Waals surface area contributed by atoms with Crippen LogP contribution in [0.4, 0.5) is 5.69 Å². The van der Waals surface area contributed by atoms with Crippen molar-refractivity contribution in [1.29, 1.82) is 0 Å². The highest BCUT2D eigenvalue weighted by Gasteiger charge is 2.35. The zero-order valence-electron chi connectivity index (χ0n) is 19.6. The maximum Gasteiger partial charge on any atom is 0.263 e. The molecule has 0 saturated carbocycles. The van der Waals surface area contributed by atoms with E-state index in [2.05, 4.69) is 58.0 Å². The number of carbonyl (C=O) groups is 1. The van der Waals surface area contributed by atoms with Crippen LogP contribution in [0, 0.1) is 0 Å². The van der Waals surface area contributed by atoms with E-state index in [9.17, 15) is 9.90 Å². The van der Waals surface area contributed by atoms with Crippen molar-refractivity contribution in [2.24, 2.45) is 7.05 Å². The first kappa shape index (κ1) is 21.4. The molecule has 4 aromatic carbocycles. The average molecular weight is 506 g/mol. The van der Waals surface area contributed by atoms with Gasteiger partial charge in [0, 0.05) is 23.4 Å². The number of fused-ring (bicyclic) bond motifs is 6. The number of hydrogen-bond acceptors (Lipinski definition) is 5. The number of benzene rings is 4. The van der Waals surface area contributed by atoms with Crippen LogP contribution in [0.5, 0.6) is 0 Å². The molecule has 2 aliphatic rings. The Bertz CT molecular complexity index is 1880. The third-order valence-electron chi connectivity index (χ3n) is 7.02. The van der Waals surface area contributed by atoms with Crippen LogP contribution in [0.1, 0.15) is 5.01 Å². The van der Waals surface area contributed by atoms with Crippen molar-refractivity contribution in [3.8, 4) is 0 Å². The Labute approximate surface area is 216 Å². The number of thioether (sulfide) groups is 1. The fourth-order valence-corrected chi connectivity index (χ4v) is 7.34. The van der Waals surface area contributed by atoms with Gasteiger partial charge in [-0.3, -0.25) is 4.79 Å². The molecule has 0 spiro atoms. The number of allylic oxidation sites excluding steroid dienone is 3. The lowest BCUT2D eigenvalue weighted by Gasteiger charge is -2.20. The Morgan fingerprint density at radius 3 is 2.36 bits per heavy atom. The second-order valence-electron chi connectivity index (χ2n) is 9.06. The molecular formula is C30H21N2O2S2+. The SMILES string of the molecule is CN1C(=CC2=C(O)C(=Cc3sc4ccc5ccccc5c4[n+]3C)C2=O)Sc2ccc3ccccc3c21. The summed E-state index contributed by atoms with van der Waals surface area (Å²) < 4.78 is 3.25.